The topological polar surface area (TPSA) is 97.6 Å². The van der Waals surface area contributed by atoms with Gasteiger partial charge in [0.05, 0.1) is 48.2 Å². The van der Waals surface area contributed by atoms with Gasteiger partial charge in [-0.3, -0.25) is 9.36 Å². The Labute approximate surface area is 289 Å². The first-order valence-electron chi connectivity index (χ1n) is 14.9. The first-order valence-corrected chi connectivity index (χ1v) is 16.9. The third-order valence-electron chi connectivity index (χ3n) is 7.47. The van der Waals surface area contributed by atoms with Crippen LogP contribution in [0.2, 0.25) is 5.02 Å². The van der Waals surface area contributed by atoms with Gasteiger partial charge < -0.3 is 23.7 Å². The molecule has 2 heterocycles. The number of carbonyl (C=O) groups is 1. The fraction of sp³-hybridized carbons (Fsp3) is 0.286. The van der Waals surface area contributed by atoms with E-state index in [2.05, 4.69) is 15.9 Å². The van der Waals surface area contributed by atoms with Gasteiger partial charge in [0.1, 0.15) is 24.1 Å². The quantitative estimate of drug-likeness (QED) is 0.151. The number of rotatable bonds is 12. The second-order valence-electron chi connectivity index (χ2n) is 10.5. The van der Waals surface area contributed by atoms with E-state index in [1.807, 2.05) is 25.1 Å². The number of ether oxygens (including phenoxy) is 5. The number of allylic oxidation sites excluding steroid dienone is 1. The monoisotopic (exact) mass is 740 g/mol. The summed E-state index contributed by atoms with van der Waals surface area (Å²) in [4.78, 5) is 33.2. The summed E-state index contributed by atoms with van der Waals surface area (Å²) in [5.41, 5.74) is 2.77. The Morgan fingerprint density at radius 2 is 1.77 bits per heavy atom. The molecule has 0 N–H and O–H groups in total. The molecule has 3 aromatic carbocycles. The van der Waals surface area contributed by atoms with Crippen LogP contribution in [-0.4, -0.2) is 38.5 Å². The van der Waals surface area contributed by atoms with Gasteiger partial charge in [0.15, 0.2) is 16.3 Å². The predicted molar refractivity (Wildman–Crippen MR) is 186 cm³/mol. The van der Waals surface area contributed by atoms with Crippen LogP contribution in [0.4, 0.5) is 0 Å². The number of hydrogen-bond acceptors (Lipinski definition) is 9. The first kappa shape index (κ1) is 34.3. The fourth-order valence-corrected chi connectivity index (χ4v) is 7.04. The maximum absolute atomic E-state index is 14.3. The van der Waals surface area contributed by atoms with Crippen molar-refractivity contribution in [3.05, 3.63) is 112 Å². The lowest BCUT2D eigenvalue weighted by molar-refractivity contribution is -0.139. The lowest BCUT2D eigenvalue weighted by atomic mass is 9.93. The number of nitrogens with zero attached hydrogens (tertiary/aromatic N) is 2. The Morgan fingerprint density at radius 1 is 1.02 bits per heavy atom. The van der Waals surface area contributed by atoms with E-state index in [0.717, 1.165) is 12.0 Å². The van der Waals surface area contributed by atoms with Gasteiger partial charge in [-0.1, -0.05) is 48.4 Å². The van der Waals surface area contributed by atoms with E-state index in [-0.39, 0.29) is 12.2 Å². The summed E-state index contributed by atoms with van der Waals surface area (Å²) in [6, 6.07) is 15.5. The van der Waals surface area contributed by atoms with Crippen molar-refractivity contribution < 1.29 is 28.5 Å². The largest absolute Gasteiger partial charge is 0.497 e. The summed E-state index contributed by atoms with van der Waals surface area (Å²) < 4.78 is 31.1. The highest BCUT2D eigenvalue weighted by atomic mass is 79.9. The Morgan fingerprint density at radius 3 is 2.43 bits per heavy atom. The molecular weight excluding hydrogens is 708 g/mol. The van der Waals surface area contributed by atoms with Crippen molar-refractivity contribution in [3.8, 4) is 23.0 Å². The van der Waals surface area contributed by atoms with E-state index < -0.39 is 12.0 Å². The van der Waals surface area contributed by atoms with Crippen molar-refractivity contribution in [3.63, 3.8) is 0 Å². The zero-order chi connectivity index (χ0) is 33.7. The van der Waals surface area contributed by atoms with E-state index in [1.165, 1.54) is 15.9 Å². The van der Waals surface area contributed by atoms with Crippen LogP contribution in [0.5, 0.6) is 23.0 Å². The second-order valence-corrected chi connectivity index (χ2v) is 12.8. The Hall–Kier alpha value is -4.06. The zero-order valence-electron chi connectivity index (χ0n) is 26.6. The predicted octanol–water partition coefficient (Wildman–Crippen LogP) is 6.60. The molecule has 0 bridgehead atoms. The molecule has 0 radical (unpaired) electrons. The van der Waals surface area contributed by atoms with Crippen LogP contribution in [-0.2, 0) is 16.1 Å². The standard InChI is InChI=1S/C35H34BrClN2O7S/c1-6-8-26-30(34(41)45-7-2)31(24-18-23(42-3)13-14-27(24)43-4)39-33(40)29(47-35(39)38-26)17-21-15-25(36)32(28(16-21)44-5)46-19-20-9-11-22(37)12-10-20/h9-18,31H,6-8,19H2,1-5H3/b29-17-/t31-/m0/s1. The molecule has 246 valence electrons. The Bertz CT molecular complexity index is 2000. The molecule has 9 nitrogen and oxygen atoms in total. The minimum atomic E-state index is -0.857. The molecule has 0 amide bonds. The summed E-state index contributed by atoms with van der Waals surface area (Å²) in [5.74, 6) is 1.52. The molecule has 0 aliphatic carbocycles. The highest BCUT2D eigenvalue weighted by molar-refractivity contribution is 9.10. The average molecular weight is 742 g/mol. The molecule has 0 spiro atoms. The average Bonchev–Trinajstić information content (AvgIpc) is 3.37. The molecule has 4 aromatic rings. The second kappa shape index (κ2) is 15.2. The van der Waals surface area contributed by atoms with Crippen molar-refractivity contribution in [1.29, 1.82) is 0 Å². The van der Waals surface area contributed by atoms with Crippen LogP contribution in [0.1, 0.15) is 49.4 Å². The SMILES string of the molecule is CCCC1=C(C(=O)OCC)[C@H](c2cc(OC)ccc2OC)n2c(s/c(=C\c3cc(Br)c(OCc4ccc(Cl)cc4)c(OC)c3)c2=O)=N1. The summed E-state index contributed by atoms with van der Waals surface area (Å²) in [6.07, 6.45) is 3.02. The zero-order valence-corrected chi connectivity index (χ0v) is 29.8. The molecule has 12 heteroatoms. The van der Waals surface area contributed by atoms with E-state index in [9.17, 15) is 9.59 Å². The number of aromatic nitrogens is 1. The molecule has 0 saturated heterocycles. The normalized spacial score (nSPS) is 14.4. The van der Waals surface area contributed by atoms with Crippen molar-refractivity contribution >= 4 is 50.9 Å². The van der Waals surface area contributed by atoms with Gasteiger partial charge in [0.2, 0.25) is 0 Å². The van der Waals surface area contributed by atoms with Crippen molar-refractivity contribution in [2.45, 2.75) is 39.3 Å². The Balaban J connectivity index is 1.65. The maximum atomic E-state index is 14.3. The molecule has 5 rings (SSSR count). The summed E-state index contributed by atoms with van der Waals surface area (Å²) in [5, 5.41) is 0.648. The van der Waals surface area contributed by atoms with Crippen LogP contribution < -0.4 is 33.8 Å². The van der Waals surface area contributed by atoms with Gasteiger partial charge >= 0.3 is 5.97 Å². The van der Waals surface area contributed by atoms with Gasteiger partial charge in [-0.2, -0.15) is 0 Å². The molecule has 47 heavy (non-hydrogen) atoms. The van der Waals surface area contributed by atoms with E-state index >= 15 is 0 Å². The van der Waals surface area contributed by atoms with E-state index in [1.54, 1.807) is 70.7 Å². The van der Waals surface area contributed by atoms with Gasteiger partial charge in [0.25, 0.3) is 5.56 Å². The number of fused-ring (bicyclic) bond motifs is 1. The minimum absolute atomic E-state index is 0.171. The van der Waals surface area contributed by atoms with Gasteiger partial charge in [-0.25, -0.2) is 9.79 Å². The van der Waals surface area contributed by atoms with Crippen molar-refractivity contribution in [2.75, 3.05) is 27.9 Å². The number of hydrogen-bond donors (Lipinski definition) is 0. The smallest absolute Gasteiger partial charge is 0.338 e. The molecule has 0 fully saturated rings. The van der Waals surface area contributed by atoms with Crippen LogP contribution in [0.3, 0.4) is 0 Å². The third kappa shape index (κ3) is 7.27. The third-order valence-corrected chi connectivity index (χ3v) is 9.29. The van der Waals surface area contributed by atoms with Crippen molar-refractivity contribution in [1.82, 2.24) is 4.57 Å². The molecule has 1 aliphatic heterocycles. The highest BCUT2D eigenvalue weighted by Crippen LogP contribution is 2.39. The van der Waals surface area contributed by atoms with Gasteiger partial charge in [-0.15, -0.1) is 0 Å². The summed E-state index contributed by atoms with van der Waals surface area (Å²) >= 11 is 10.9. The van der Waals surface area contributed by atoms with E-state index in [0.29, 0.717) is 77.3 Å². The van der Waals surface area contributed by atoms with Crippen LogP contribution in [0, 0.1) is 0 Å². The Kier molecular flexibility index (Phi) is 11.1. The molecule has 1 atom stereocenters. The molecule has 0 unspecified atom stereocenters. The maximum Gasteiger partial charge on any atom is 0.338 e. The number of esters is 1. The fourth-order valence-electron chi connectivity index (χ4n) is 5.32. The highest BCUT2D eigenvalue weighted by Gasteiger charge is 2.36. The lowest BCUT2D eigenvalue weighted by Crippen LogP contribution is -2.40. The number of carbonyl (C=O) groups excluding carboxylic acids is 1. The van der Waals surface area contributed by atoms with Crippen LogP contribution in [0.15, 0.2) is 80.1 Å². The van der Waals surface area contributed by atoms with E-state index in [4.69, 9.17) is 40.3 Å². The lowest BCUT2D eigenvalue weighted by Gasteiger charge is -2.27. The van der Waals surface area contributed by atoms with Gasteiger partial charge in [-0.05, 0) is 88.9 Å². The summed E-state index contributed by atoms with van der Waals surface area (Å²) in [7, 11) is 4.66. The number of thiazole rings is 1. The van der Waals surface area contributed by atoms with Crippen LogP contribution >= 0.6 is 38.9 Å². The molecule has 0 saturated carbocycles. The number of methoxy groups -OCH3 is 3. The molecule has 1 aromatic heterocycles. The first-order chi connectivity index (χ1) is 22.7. The molecule has 1 aliphatic rings. The number of halogens is 2. The van der Waals surface area contributed by atoms with Crippen LogP contribution in [0.25, 0.3) is 6.08 Å². The van der Waals surface area contributed by atoms with Crippen molar-refractivity contribution in [2.24, 2.45) is 4.99 Å². The molecular formula is C35H34BrClN2O7S. The number of benzene rings is 3. The minimum Gasteiger partial charge on any atom is -0.497 e. The summed E-state index contributed by atoms with van der Waals surface area (Å²) in [6.45, 7) is 4.23. The van der Waals surface area contributed by atoms with Gasteiger partial charge in [0, 0.05) is 10.6 Å².